The number of benzene rings is 1. The van der Waals surface area contributed by atoms with Gasteiger partial charge in [0.15, 0.2) is 0 Å². The Labute approximate surface area is 113 Å². The fourth-order valence-electron chi connectivity index (χ4n) is 2.26. The lowest BCUT2D eigenvalue weighted by Crippen LogP contribution is -2.35. The molecule has 0 aromatic heterocycles. The number of carbonyl (C=O) groups excluding carboxylic acids is 2. The van der Waals surface area contributed by atoms with Crippen molar-refractivity contribution in [2.24, 2.45) is 0 Å². The Hall–Kier alpha value is -1.84. The van der Waals surface area contributed by atoms with Gasteiger partial charge in [-0.1, -0.05) is 19.1 Å². The molecular formula is C15H20N2O2. The fourth-order valence-corrected chi connectivity index (χ4v) is 2.26. The minimum atomic E-state index is -0.329. The topological polar surface area (TPSA) is 58.2 Å². The fraction of sp³-hybridized carbons (Fsp3) is 0.467. The Morgan fingerprint density at radius 3 is 2.32 bits per heavy atom. The Morgan fingerprint density at radius 1 is 1.21 bits per heavy atom. The van der Waals surface area contributed by atoms with Gasteiger partial charge in [-0.05, 0) is 37.0 Å². The lowest BCUT2D eigenvalue weighted by Gasteiger charge is -2.16. The molecule has 0 unspecified atom stereocenters. The summed E-state index contributed by atoms with van der Waals surface area (Å²) in [6, 6.07) is 7.57. The summed E-state index contributed by atoms with van der Waals surface area (Å²) in [6.45, 7) is 4.25. The molecule has 0 heterocycles. The van der Waals surface area contributed by atoms with Crippen molar-refractivity contribution >= 4 is 17.5 Å². The maximum atomic E-state index is 12.2. The first-order valence-corrected chi connectivity index (χ1v) is 6.75. The first-order chi connectivity index (χ1) is 9.08. The molecule has 1 aliphatic rings. The van der Waals surface area contributed by atoms with Crippen molar-refractivity contribution in [3.63, 3.8) is 0 Å². The third-order valence-corrected chi connectivity index (χ3v) is 3.48. The molecule has 1 fully saturated rings. The van der Waals surface area contributed by atoms with Crippen molar-refractivity contribution in [1.82, 2.24) is 5.32 Å². The van der Waals surface area contributed by atoms with Crippen molar-refractivity contribution in [2.45, 2.75) is 38.5 Å². The highest BCUT2D eigenvalue weighted by molar-refractivity contribution is 5.92. The van der Waals surface area contributed by atoms with Crippen LogP contribution in [0.5, 0.6) is 0 Å². The van der Waals surface area contributed by atoms with E-state index in [1.807, 2.05) is 31.2 Å². The van der Waals surface area contributed by atoms with Crippen LogP contribution in [0.4, 0.5) is 5.69 Å². The van der Waals surface area contributed by atoms with Crippen LogP contribution < -0.4 is 10.6 Å². The maximum Gasteiger partial charge on any atom is 0.230 e. The summed E-state index contributed by atoms with van der Waals surface area (Å²) in [5.41, 5.74) is 1.47. The number of amides is 2. The zero-order chi connectivity index (χ0) is 13.9. The second-order valence-corrected chi connectivity index (χ2v) is 5.10. The molecule has 1 saturated carbocycles. The molecule has 0 saturated heterocycles. The molecule has 0 aliphatic heterocycles. The number of carbonyl (C=O) groups is 2. The van der Waals surface area contributed by atoms with Gasteiger partial charge in [0.05, 0.1) is 5.41 Å². The quantitative estimate of drug-likeness (QED) is 0.852. The molecule has 2 N–H and O–H groups in total. The van der Waals surface area contributed by atoms with Crippen LogP contribution in [0.2, 0.25) is 0 Å². The van der Waals surface area contributed by atoms with Gasteiger partial charge < -0.3 is 10.6 Å². The molecule has 1 aliphatic carbocycles. The summed E-state index contributed by atoms with van der Waals surface area (Å²) in [7, 11) is 0. The molecule has 4 heteroatoms. The second kappa shape index (κ2) is 5.43. The molecule has 2 amide bonds. The van der Waals surface area contributed by atoms with E-state index in [4.69, 9.17) is 0 Å². The lowest BCUT2D eigenvalue weighted by atomic mass is 9.94. The predicted molar refractivity (Wildman–Crippen MR) is 75.0 cm³/mol. The van der Waals surface area contributed by atoms with Gasteiger partial charge in [-0.15, -0.1) is 0 Å². The van der Waals surface area contributed by atoms with Crippen LogP contribution >= 0.6 is 0 Å². The molecule has 0 bridgehead atoms. The van der Waals surface area contributed by atoms with Gasteiger partial charge in [0.25, 0.3) is 0 Å². The van der Waals surface area contributed by atoms with E-state index in [1.165, 1.54) is 6.92 Å². The van der Waals surface area contributed by atoms with Crippen molar-refractivity contribution in [3.05, 3.63) is 29.8 Å². The first kappa shape index (κ1) is 13.6. The Kier molecular flexibility index (Phi) is 3.88. The van der Waals surface area contributed by atoms with Crippen LogP contribution in [0.3, 0.4) is 0 Å². The molecule has 19 heavy (non-hydrogen) atoms. The largest absolute Gasteiger partial charge is 0.355 e. The standard InChI is InChI=1S/C15H20N2O2/c1-3-10-16-14(19)15(8-9-15)12-4-6-13(7-5-12)17-11(2)18/h4-7H,3,8-10H2,1-2H3,(H,16,19)(H,17,18). The van der Waals surface area contributed by atoms with E-state index in [0.717, 1.165) is 37.1 Å². The van der Waals surface area contributed by atoms with E-state index in [0.29, 0.717) is 0 Å². The Morgan fingerprint density at radius 2 is 1.84 bits per heavy atom. The monoisotopic (exact) mass is 260 g/mol. The molecule has 2 rings (SSSR count). The van der Waals surface area contributed by atoms with Crippen LogP contribution in [0.15, 0.2) is 24.3 Å². The number of rotatable bonds is 5. The van der Waals surface area contributed by atoms with Crippen molar-refractivity contribution in [3.8, 4) is 0 Å². The highest BCUT2D eigenvalue weighted by Crippen LogP contribution is 2.48. The Balaban J connectivity index is 2.09. The smallest absolute Gasteiger partial charge is 0.230 e. The van der Waals surface area contributed by atoms with E-state index >= 15 is 0 Å². The highest BCUT2D eigenvalue weighted by atomic mass is 16.2. The molecule has 102 valence electrons. The van der Waals surface area contributed by atoms with Crippen LogP contribution in [-0.4, -0.2) is 18.4 Å². The molecule has 0 atom stereocenters. The Bertz CT molecular complexity index is 475. The van der Waals surface area contributed by atoms with E-state index in [-0.39, 0.29) is 17.2 Å². The van der Waals surface area contributed by atoms with Crippen LogP contribution in [0, 0.1) is 0 Å². The number of hydrogen-bond donors (Lipinski definition) is 2. The van der Waals surface area contributed by atoms with Crippen LogP contribution in [-0.2, 0) is 15.0 Å². The van der Waals surface area contributed by atoms with Gasteiger partial charge in [-0.2, -0.15) is 0 Å². The van der Waals surface area contributed by atoms with Crippen molar-refractivity contribution in [2.75, 3.05) is 11.9 Å². The van der Waals surface area contributed by atoms with Gasteiger partial charge in [0, 0.05) is 19.2 Å². The summed E-state index contributed by atoms with van der Waals surface area (Å²) < 4.78 is 0. The number of nitrogens with one attached hydrogen (secondary N) is 2. The van der Waals surface area contributed by atoms with Gasteiger partial charge in [0.2, 0.25) is 11.8 Å². The number of hydrogen-bond acceptors (Lipinski definition) is 2. The summed E-state index contributed by atoms with van der Waals surface area (Å²) in [4.78, 5) is 23.1. The molecular weight excluding hydrogens is 240 g/mol. The minimum Gasteiger partial charge on any atom is -0.355 e. The molecule has 1 aromatic rings. The van der Waals surface area contributed by atoms with E-state index in [2.05, 4.69) is 10.6 Å². The average Bonchev–Trinajstić information content (AvgIpc) is 3.17. The average molecular weight is 260 g/mol. The van der Waals surface area contributed by atoms with E-state index < -0.39 is 0 Å². The number of anilines is 1. The SMILES string of the molecule is CCCNC(=O)C1(c2ccc(NC(C)=O)cc2)CC1. The zero-order valence-electron chi connectivity index (χ0n) is 11.5. The minimum absolute atomic E-state index is 0.0884. The molecule has 4 nitrogen and oxygen atoms in total. The van der Waals surface area contributed by atoms with Crippen molar-refractivity contribution in [1.29, 1.82) is 0 Å². The van der Waals surface area contributed by atoms with Crippen LogP contribution in [0.25, 0.3) is 0 Å². The summed E-state index contributed by atoms with van der Waals surface area (Å²) >= 11 is 0. The maximum absolute atomic E-state index is 12.2. The summed E-state index contributed by atoms with van der Waals surface area (Å²) in [5, 5.41) is 5.70. The van der Waals surface area contributed by atoms with Crippen LogP contribution in [0.1, 0.15) is 38.7 Å². The van der Waals surface area contributed by atoms with Crippen molar-refractivity contribution < 1.29 is 9.59 Å². The molecule has 0 spiro atoms. The van der Waals surface area contributed by atoms with Gasteiger partial charge in [0.1, 0.15) is 0 Å². The molecule has 0 radical (unpaired) electrons. The summed E-state index contributed by atoms with van der Waals surface area (Å²) in [6.07, 6.45) is 2.76. The lowest BCUT2D eigenvalue weighted by molar-refractivity contribution is -0.123. The third-order valence-electron chi connectivity index (χ3n) is 3.48. The second-order valence-electron chi connectivity index (χ2n) is 5.10. The predicted octanol–water partition coefficient (Wildman–Crippen LogP) is 2.20. The van der Waals surface area contributed by atoms with Gasteiger partial charge in [-0.25, -0.2) is 0 Å². The van der Waals surface area contributed by atoms with E-state index in [1.54, 1.807) is 0 Å². The summed E-state index contributed by atoms with van der Waals surface area (Å²) in [5.74, 6) is 0.0381. The first-order valence-electron chi connectivity index (χ1n) is 6.75. The van der Waals surface area contributed by atoms with Gasteiger partial charge >= 0.3 is 0 Å². The highest BCUT2D eigenvalue weighted by Gasteiger charge is 2.50. The normalized spacial score (nSPS) is 15.7. The third kappa shape index (κ3) is 2.95. The molecule has 1 aromatic carbocycles. The van der Waals surface area contributed by atoms with Gasteiger partial charge in [-0.3, -0.25) is 9.59 Å². The van der Waals surface area contributed by atoms with E-state index in [9.17, 15) is 9.59 Å². The zero-order valence-corrected chi connectivity index (χ0v) is 11.5.